The summed E-state index contributed by atoms with van der Waals surface area (Å²) in [4.78, 5) is 0.192. The van der Waals surface area contributed by atoms with Crippen molar-refractivity contribution in [3.05, 3.63) is 90.5 Å². The van der Waals surface area contributed by atoms with E-state index in [2.05, 4.69) is 81.4 Å². The molecule has 234 valence electrons. The molecule has 0 N–H and O–H groups in total. The molecule has 8 heteroatoms. The Bertz CT molecular complexity index is 1300. The summed E-state index contributed by atoms with van der Waals surface area (Å²) in [5.74, 6) is 0.200. The number of unbranched alkanes of at least 4 members (excludes halogenated alkanes) is 2. The van der Waals surface area contributed by atoms with Gasteiger partial charge in [-0.3, -0.25) is 4.18 Å². The Kier molecular flexibility index (Phi) is 12.2. The zero-order valence-electron chi connectivity index (χ0n) is 26.2. The molecule has 1 aliphatic rings. The molecule has 1 aliphatic heterocycles. The lowest BCUT2D eigenvalue weighted by Gasteiger charge is -2.43. The Morgan fingerprint density at radius 1 is 0.767 bits per heavy atom. The molecule has 3 aromatic carbocycles. The predicted molar refractivity (Wildman–Crippen MR) is 175 cm³/mol. The molecule has 0 aromatic heterocycles. The molecule has 43 heavy (non-hydrogen) atoms. The van der Waals surface area contributed by atoms with Crippen molar-refractivity contribution in [2.45, 2.75) is 82.4 Å². The fourth-order valence-electron chi connectivity index (χ4n) is 6.02. The molecular formula is C35H48O6SSi. The largest absolute Gasteiger partial charge is 0.407 e. The lowest BCUT2D eigenvalue weighted by Crippen LogP contribution is -2.66. The van der Waals surface area contributed by atoms with Crippen molar-refractivity contribution in [2.75, 3.05) is 26.4 Å². The third-order valence-electron chi connectivity index (χ3n) is 8.25. The Morgan fingerprint density at radius 2 is 1.33 bits per heavy atom. The van der Waals surface area contributed by atoms with Crippen LogP contribution < -0.4 is 10.4 Å². The first-order valence-corrected chi connectivity index (χ1v) is 18.9. The van der Waals surface area contributed by atoms with Crippen LogP contribution in [-0.2, 0) is 28.2 Å². The summed E-state index contributed by atoms with van der Waals surface area (Å²) >= 11 is 0. The van der Waals surface area contributed by atoms with Crippen LogP contribution in [0.25, 0.3) is 0 Å². The Morgan fingerprint density at radius 3 is 1.88 bits per heavy atom. The predicted octanol–water partition coefficient (Wildman–Crippen LogP) is 6.61. The van der Waals surface area contributed by atoms with E-state index in [0.717, 1.165) is 37.7 Å². The van der Waals surface area contributed by atoms with E-state index in [4.69, 9.17) is 18.1 Å². The summed E-state index contributed by atoms with van der Waals surface area (Å²) in [6, 6.07) is 28.3. The molecule has 3 aromatic rings. The van der Waals surface area contributed by atoms with Crippen molar-refractivity contribution in [1.82, 2.24) is 0 Å². The van der Waals surface area contributed by atoms with Crippen LogP contribution in [0.3, 0.4) is 0 Å². The second-order valence-electron chi connectivity index (χ2n) is 12.5. The van der Waals surface area contributed by atoms with Gasteiger partial charge in [0.2, 0.25) is 0 Å². The van der Waals surface area contributed by atoms with E-state index in [9.17, 15) is 8.42 Å². The number of hydrogen-bond donors (Lipinski definition) is 0. The van der Waals surface area contributed by atoms with Gasteiger partial charge >= 0.3 is 0 Å². The smallest absolute Gasteiger partial charge is 0.296 e. The molecule has 1 unspecified atom stereocenters. The van der Waals surface area contributed by atoms with Crippen LogP contribution in [0.5, 0.6) is 0 Å². The maximum atomic E-state index is 12.5. The molecule has 0 aliphatic carbocycles. The minimum atomic E-state index is -3.76. The van der Waals surface area contributed by atoms with Gasteiger partial charge in [-0.05, 0) is 60.2 Å². The summed E-state index contributed by atoms with van der Waals surface area (Å²) in [5, 5.41) is 2.57. The van der Waals surface area contributed by atoms with Gasteiger partial charge in [-0.25, -0.2) is 0 Å². The summed E-state index contributed by atoms with van der Waals surface area (Å²) in [7, 11) is -6.28. The Labute approximate surface area is 260 Å². The Hall–Kier alpha value is -2.33. The highest BCUT2D eigenvalue weighted by Crippen LogP contribution is 2.37. The molecular weight excluding hydrogens is 577 g/mol. The van der Waals surface area contributed by atoms with Crippen molar-refractivity contribution < 1.29 is 26.5 Å². The number of hydrogen-bond acceptors (Lipinski definition) is 6. The average Bonchev–Trinajstić information content (AvgIpc) is 3.53. The molecule has 6 nitrogen and oxygen atoms in total. The molecule has 0 radical (unpaired) electrons. The van der Waals surface area contributed by atoms with Gasteiger partial charge < -0.3 is 13.9 Å². The van der Waals surface area contributed by atoms with Crippen molar-refractivity contribution in [2.24, 2.45) is 5.92 Å². The maximum absolute atomic E-state index is 12.5. The summed E-state index contributed by atoms with van der Waals surface area (Å²) in [6.07, 6.45) is 5.17. The zero-order chi connectivity index (χ0) is 30.8. The second-order valence-corrected chi connectivity index (χ2v) is 18.4. The molecule has 1 atom stereocenters. The number of benzene rings is 3. The van der Waals surface area contributed by atoms with Crippen molar-refractivity contribution in [1.29, 1.82) is 0 Å². The van der Waals surface area contributed by atoms with Gasteiger partial charge in [0.25, 0.3) is 18.4 Å². The normalized spacial score (nSPS) is 15.5. The van der Waals surface area contributed by atoms with Gasteiger partial charge in [-0.2, -0.15) is 8.42 Å². The van der Waals surface area contributed by atoms with Gasteiger partial charge in [0.05, 0.1) is 24.7 Å². The first-order chi connectivity index (χ1) is 20.6. The van der Waals surface area contributed by atoms with E-state index in [1.165, 1.54) is 10.4 Å². The van der Waals surface area contributed by atoms with Gasteiger partial charge in [-0.1, -0.05) is 112 Å². The summed E-state index contributed by atoms with van der Waals surface area (Å²) in [6.45, 7) is 10.9. The van der Waals surface area contributed by atoms with E-state index in [1.54, 1.807) is 24.3 Å². The molecule has 0 amide bonds. The van der Waals surface area contributed by atoms with Gasteiger partial charge in [0.15, 0.2) is 6.29 Å². The second kappa shape index (κ2) is 15.6. The van der Waals surface area contributed by atoms with Crippen LogP contribution in [0.15, 0.2) is 89.8 Å². The highest BCUT2D eigenvalue weighted by molar-refractivity contribution is 7.86. The first kappa shape index (κ1) is 33.6. The monoisotopic (exact) mass is 624 g/mol. The fourth-order valence-corrected chi connectivity index (χ4v) is 11.6. The van der Waals surface area contributed by atoms with Gasteiger partial charge in [0.1, 0.15) is 0 Å². The van der Waals surface area contributed by atoms with Crippen LogP contribution in [0.2, 0.25) is 5.04 Å². The third kappa shape index (κ3) is 8.87. The van der Waals surface area contributed by atoms with E-state index >= 15 is 0 Å². The number of rotatable bonds is 16. The quantitative estimate of drug-likeness (QED) is 0.102. The molecule has 4 rings (SSSR count). The molecule has 0 saturated carbocycles. The summed E-state index contributed by atoms with van der Waals surface area (Å²) < 4.78 is 49.2. The molecule has 0 bridgehead atoms. The van der Waals surface area contributed by atoms with Crippen LogP contribution in [0, 0.1) is 12.8 Å². The maximum Gasteiger partial charge on any atom is 0.296 e. The highest BCUT2D eigenvalue weighted by Gasteiger charge is 2.49. The fraction of sp³-hybridized carbons (Fsp3) is 0.486. The SMILES string of the molecule is Cc1ccc(S(=O)(=O)OCCCC(CCCCCO[Si](c2ccccc2)(c2ccccc2)C(C)(C)C)C2OCCO2)cc1. The highest BCUT2D eigenvalue weighted by atomic mass is 32.2. The standard InChI is InChI=1S/C35H48O6SSi/c1-29-21-23-31(24-22-29)42(36,37)40-25-14-16-30(34-38-27-28-39-34)15-8-7-13-26-41-43(35(2,3)4,32-17-9-5-10-18-32)33-19-11-6-12-20-33/h5-6,9-12,17-24,30,34H,7-8,13-16,25-28H2,1-4H3. The lowest BCUT2D eigenvalue weighted by molar-refractivity contribution is -0.0889. The van der Waals surface area contributed by atoms with Crippen LogP contribution in [0.1, 0.15) is 64.9 Å². The average molecular weight is 625 g/mol. The van der Waals surface area contributed by atoms with E-state index in [1.807, 2.05) is 6.92 Å². The summed E-state index contributed by atoms with van der Waals surface area (Å²) in [5.41, 5.74) is 1.01. The Balaban J connectivity index is 1.29. The van der Waals surface area contributed by atoms with E-state index < -0.39 is 18.4 Å². The topological polar surface area (TPSA) is 71.1 Å². The minimum absolute atomic E-state index is 0.0348. The van der Waals surface area contributed by atoms with Crippen molar-refractivity contribution in [3.63, 3.8) is 0 Å². The molecule has 1 fully saturated rings. The lowest BCUT2D eigenvalue weighted by atomic mass is 9.95. The molecule has 0 spiro atoms. The van der Waals surface area contributed by atoms with Crippen molar-refractivity contribution in [3.8, 4) is 0 Å². The van der Waals surface area contributed by atoms with Gasteiger partial charge in [0, 0.05) is 12.5 Å². The van der Waals surface area contributed by atoms with Crippen molar-refractivity contribution >= 4 is 28.8 Å². The zero-order valence-corrected chi connectivity index (χ0v) is 28.0. The van der Waals surface area contributed by atoms with Crippen LogP contribution >= 0.6 is 0 Å². The van der Waals surface area contributed by atoms with Crippen LogP contribution in [0.4, 0.5) is 0 Å². The van der Waals surface area contributed by atoms with Crippen LogP contribution in [-0.4, -0.2) is 49.5 Å². The molecule has 1 heterocycles. The van der Waals surface area contributed by atoms with E-state index in [0.29, 0.717) is 26.2 Å². The van der Waals surface area contributed by atoms with E-state index in [-0.39, 0.29) is 28.7 Å². The third-order valence-corrected chi connectivity index (χ3v) is 14.6. The minimum Gasteiger partial charge on any atom is -0.407 e. The van der Waals surface area contributed by atoms with Gasteiger partial charge in [-0.15, -0.1) is 0 Å². The molecule has 1 saturated heterocycles. The number of aryl methyl sites for hydroxylation is 1. The first-order valence-electron chi connectivity index (χ1n) is 15.6. The number of ether oxygens (including phenoxy) is 2.